The molecule has 0 aliphatic heterocycles. The number of aliphatic hydroxyl groups excluding tert-OH is 1. The highest BCUT2D eigenvalue weighted by molar-refractivity contribution is 5.73. The second-order valence-corrected chi connectivity index (χ2v) is 5.75. The maximum atomic E-state index is 13.2. The normalized spacial score (nSPS) is 12.4. The van der Waals surface area contributed by atoms with E-state index in [1.54, 1.807) is 30.3 Å². The average molecular weight is 399 g/mol. The SMILES string of the molecule is COC(=O)C[C@@H](N)Cc1cc(F)c(F)cc1F.O=C(O)[C@@H](O)c1ccccc1. The Morgan fingerprint density at radius 1 is 1.07 bits per heavy atom. The molecule has 152 valence electrons. The van der Waals surface area contributed by atoms with Crippen molar-refractivity contribution in [2.24, 2.45) is 5.73 Å². The van der Waals surface area contributed by atoms with E-state index in [1.807, 2.05) is 0 Å². The number of hydrogen-bond donors (Lipinski definition) is 3. The van der Waals surface area contributed by atoms with Gasteiger partial charge >= 0.3 is 11.9 Å². The van der Waals surface area contributed by atoms with E-state index in [0.717, 1.165) is 6.07 Å². The van der Waals surface area contributed by atoms with Gasteiger partial charge in [0.15, 0.2) is 17.7 Å². The largest absolute Gasteiger partial charge is 0.479 e. The fraction of sp³-hybridized carbons (Fsp3) is 0.263. The highest BCUT2D eigenvalue weighted by atomic mass is 19.2. The Labute approximate surface area is 159 Å². The number of carboxylic acid groups (broad SMARTS) is 1. The van der Waals surface area contributed by atoms with Crippen molar-refractivity contribution in [3.8, 4) is 0 Å². The lowest BCUT2D eigenvalue weighted by Gasteiger charge is -2.11. The van der Waals surface area contributed by atoms with Crippen LogP contribution in [-0.4, -0.2) is 35.3 Å². The molecule has 0 saturated carbocycles. The zero-order valence-electron chi connectivity index (χ0n) is 14.9. The summed E-state index contributed by atoms with van der Waals surface area (Å²) < 4.78 is 43.1. The van der Waals surface area contributed by atoms with Gasteiger partial charge in [-0.05, 0) is 23.6 Å². The van der Waals surface area contributed by atoms with E-state index >= 15 is 0 Å². The van der Waals surface area contributed by atoms with Crippen LogP contribution < -0.4 is 5.73 Å². The minimum Gasteiger partial charge on any atom is -0.479 e. The summed E-state index contributed by atoms with van der Waals surface area (Å²) >= 11 is 0. The Kier molecular flexibility index (Phi) is 9.13. The van der Waals surface area contributed by atoms with Crippen LogP contribution in [0.3, 0.4) is 0 Å². The topological polar surface area (TPSA) is 110 Å². The number of aliphatic carboxylic acids is 1. The third-order valence-corrected chi connectivity index (χ3v) is 3.58. The third kappa shape index (κ3) is 7.37. The molecule has 0 aliphatic rings. The molecule has 4 N–H and O–H groups in total. The van der Waals surface area contributed by atoms with E-state index in [0.29, 0.717) is 11.6 Å². The maximum Gasteiger partial charge on any atom is 0.337 e. The zero-order chi connectivity index (χ0) is 21.3. The van der Waals surface area contributed by atoms with Gasteiger partial charge in [-0.3, -0.25) is 4.79 Å². The van der Waals surface area contributed by atoms with Crippen molar-refractivity contribution in [1.29, 1.82) is 0 Å². The van der Waals surface area contributed by atoms with Gasteiger partial charge in [-0.15, -0.1) is 0 Å². The molecule has 2 aromatic carbocycles. The summed E-state index contributed by atoms with van der Waals surface area (Å²) in [6.07, 6.45) is -1.59. The molecule has 0 aromatic heterocycles. The third-order valence-electron chi connectivity index (χ3n) is 3.58. The molecule has 28 heavy (non-hydrogen) atoms. The number of benzene rings is 2. The van der Waals surface area contributed by atoms with Gasteiger partial charge in [0.2, 0.25) is 0 Å². The monoisotopic (exact) mass is 399 g/mol. The van der Waals surface area contributed by atoms with E-state index in [2.05, 4.69) is 4.74 Å². The fourth-order valence-electron chi connectivity index (χ4n) is 2.15. The molecular formula is C19H20F3NO5. The van der Waals surface area contributed by atoms with Crippen LogP contribution in [-0.2, 0) is 20.7 Å². The van der Waals surface area contributed by atoms with Gasteiger partial charge in [-0.25, -0.2) is 18.0 Å². The predicted molar refractivity (Wildman–Crippen MR) is 93.7 cm³/mol. The first-order chi connectivity index (χ1) is 13.1. The summed E-state index contributed by atoms with van der Waals surface area (Å²) in [5.41, 5.74) is 5.89. The van der Waals surface area contributed by atoms with Gasteiger partial charge < -0.3 is 20.7 Å². The fourth-order valence-corrected chi connectivity index (χ4v) is 2.15. The maximum absolute atomic E-state index is 13.2. The van der Waals surface area contributed by atoms with Crippen LogP contribution in [0.4, 0.5) is 13.2 Å². The van der Waals surface area contributed by atoms with Crippen LogP contribution in [0.1, 0.15) is 23.7 Å². The van der Waals surface area contributed by atoms with Crippen LogP contribution >= 0.6 is 0 Å². The Morgan fingerprint density at radius 2 is 1.64 bits per heavy atom. The van der Waals surface area contributed by atoms with E-state index in [-0.39, 0.29) is 18.4 Å². The summed E-state index contributed by atoms with van der Waals surface area (Å²) in [5.74, 6) is -5.06. The number of hydrogen-bond acceptors (Lipinski definition) is 5. The molecule has 0 spiro atoms. The quantitative estimate of drug-likeness (QED) is 0.508. The molecule has 2 rings (SSSR count). The van der Waals surface area contributed by atoms with Crippen LogP contribution in [0.5, 0.6) is 0 Å². The number of nitrogens with two attached hydrogens (primary N) is 1. The molecule has 0 amide bonds. The van der Waals surface area contributed by atoms with Crippen LogP contribution in [0.15, 0.2) is 42.5 Å². The predicted octanol–water partition coefficient (Wildman–Crippen LogP) is 2.34. The smallest absolute Gasteiger partial charge is 0.337 e. The number of carboxylic acids is 1. The number of carbonyl (C=O) groups excluding carboxylic acids is 1. The van der Waals surface area contributed by atoms with Crippen molar-refractivity contribution in [3.05, 3.63) is 71.0 Å². The van der Waals surface area contributed by atoms with E-state index < -0.39 is 41.5 Å². The molecule has 0 aliphatic carbocycles. The molecule has 2 aromatic rings. The standard InChI is InChI=1S/C11H12F3NO2.C8H8O3/c1-17-11(16)4-7(15)2-6-3-9(13)10(14)5-8(6)12;9-7(8(10)11)6-4-2-1-3-5-6/h3,5,7H,2,4,15H2,1H3;1-5,7,9H,(H,10,11)/t2*7-/m00/s1. The highest BCUT2D eigenvalue weighted by Crippen LogP contribution is 2.15. The van der Waals surface area contributed by atoms with Gasteiger partial charge in [0.25, 0.3) is 0 Å². The van der Waals surface area contributed by atoms with E-state index in [9.17, 15) is 22.8 Å². The Hall–Kier alpha value is -2.91. The minimum absolute atomic E-state index is 0.0692. The van der Waals surface area contributed by atoms with Crippen molar-refractivity contribution in [1.82, 2.24) is 0 Å². The molecule has 0 unspecified atom stereocenters. The van der Waals surface area contributed by atoms with Gasteiger partial charge in [-0.2, -0.15) is 0 Å². The van der Waals surface area contributed by atoms with Gasteiger partial charge in [0.05, 0.1) is 13.5 Å². The first-order valence-corrected chi connectivity index (χ1v) is 8.07. The van der Waals surface area contributed by atoms with Crippen LogP contribution in [0, 0.1) is 17.5 Å². The molecule has 0 saturated heterocycles. The van der Waals surface area contributed by atoms with Crippen molar-refractivity contribution >= 4 is 11.9 Å². The van der Waals surface area contributed by atoms with Crippen LogP contribution in [0.2, 0.25) is 0 Å². The zero-order valence-corrected chi connectivity index (χ0v) is 14.9. The van der Waals surface area contributed by atoms with Crippen LogP contribution in [0.25, 0.3) is 0 Å². The Morgan fingerprint density at radius 3 is 2.18 bits per heavy atom. The number of halogens is 3. The molecular weight excluding hydrogens is 379 g/mol. The number of carbonyl (C=O) groups is 2. The average Bonchev–Trinajstić information content (AvgIpc) is 2.66. The number of methoxy groups -OCH3 is 1. The number of esters is 1. The molecule has 0 heterocycles. The van der Waals surface area contributed by atoms with E-state index in [4.69, 9.17) is 15.9 Å². The number of rotatable bonds is 6. The number of aliphatic hydroxyl groups is 1. The van der Waals surface area contributed by atoms with Gasteiger partial charge in [0, 0.05) is 12.1 Å². The van der Waals surface area contributed by atoms with E-state index in [1.165, 1.54) is 7.11 Å². The molecule has 2 atom stereocenters. The molecule has 0 fully saturated rings. The number of ether oxygens (including phenoxy) is 1. The Balaban J connectivity index is 0.000000307. The van der Waals surface area contributed by atoms with Crippen molar-refractivity contribution in [2.75, 3.05) is 7.11 Å². The van der Waals surface area contributed by atoms with Crippen molar-refractivity contribution in [2.45, 2.75) is 25.0 Å². The summed E-state index contributed by atoms with van der Waals surface area (Å²) in [4.78, 5) is 21.1. The highest BCUT2D eigenvalue weighted by Gasteiger charge is 2.16. The summed E-state index contributed by atoms with van der Waals surface area (Å²) in [5, 5.41) is 17.4. The van der Waals surface area contributed by atoms with Crippen molar-refractivity contribution in [3.63, 3.8) is 0 Å². The van der Waals surface area contributed by atoms with Crippen molar-refractivity contribution < 1.29 is 37.7 Å². The molecule has 6 nitrogen and oxygen atoms in total. The summed E-state index contributed by atoms with van der Waals surface area (Å²) in [6, 6.07) is 8.75. The summed E-state index contributed by atoms with van der Waals surface area (Å²) in [7, 11) is 1.20. The minimum atomic E-state index is -1.41. The second-order valence-electron chi connectivity index (χ2n) is 5.75. The summed E-state index contributed by atoms with van der Waals surface area (Å²) in [6.45, 7) is 0. The Bertz CT molecular complexity index is 802. The molecule has 0 bridgehead atoms. The molecule has 9 heteroatoms. The van der Waals surface area contributed by atoms with Gasteiger partial charge in [-0.1, -0.05) is 30.3 Å². The molecule has 0 radical (unpaired) electrons. The first-order valence-electron chi connectivity index (χ1n) is 8.07. The lowest BCUT2D eigenvalue weighted by molar-refractivity contribution is -0.147. The lowest BCUT2D eigenvalue weighted by atomic mass is 10.0. The van der Waals surface area contributed by atoms with Gasteiger partial charge in [0.1, 0.15) is 5.82 Å². The first kappa shape index (κ1) is 23.1. The lowest BCUT2D eigenvalue weighted by Crippen LogP contribution is -2.27. The second kappa shape index (κ2) is 11.1.